The monoisotopic (exact) mass is 269 g/mol. The molecule has 1 aromatic carbocycles. The van der Waals surface area contributed by atoms with Gasteiger partial charge < -0.3 is 0 Å². The van der Waals surface area contributed by atoms with Gasteiger partial charge in [-0.3, -0.25) is 0 Å². The van der Waals surface area contributed by atoms with E-state index in [1.165, 1.54) is 0 Å². The number of hydrogen-bond donors (Lipinski definition) is 2. The summed E-state index contributed by atoms with van der Waals surface area (Å²) in [6.45, 7) is 6.81. The Morgan fingerprint density at radius 2 is 2.05 bits per heavy atom. The zero-order valence-corrected chi connectivity index (χ0v) is 12.3. The summed E-state index contributed by atoms with van der Waals surface area (Å²) in [5.41, 5.74) is 4.64. The molecule has 0 amide bonds. The van der Waals surface area contributed by atoms with Crippen LogP contribution >= 0.6 is 0 Å². The van der Waals surface area contributed by atoms with Crippen molar-refractivity contribution in [1.82, 2.24) is 0 Å². The molecule has 1 aliphatic rings. The summed E-state index contributed by atoms with van der Waals surface area (Å²) in [6.07, 6.45) is 0.496. The van der Waals surface area contributed by atoms with E-state index >= 15 is 0 Å². The van der Waals surface area contributed by atoms with Crippen LogP contribution in [-0.4, -0.2) is 41.2 Å². The van der Waals surface area contributed by atoms with Crippen LogP contribution < -0.4 is 5.73 Å². The van der Waals surface area contributed by atoms with Gasteiger partial charge in [0, 0.05) is 0 Å². The fraction of sp³-hybridized carbons (Fsp3) is 0.467. The van der Waals surface area contributed by atoms with Crippen LogP contribution in [0.25, 0.3) is 0 Å². The topological polar surface area (TPSA) is 63.3 Å². The molecule has 2 atom stereocenters. The van der Waals surface area contributed by atoms with Gasteiger partial charge in [0.15, 0.2) is 0 Å². The second kappa shape index (κ2) is 5.30. The number of hydrogen-bond acceptors (Lipinski definition) is 3. The standard InChI is InChI=1S/C15H21B2NO2/c1-11-9-15(20,14(2,3)18)17(16-10-11)13(19)12-7-5-4-6-8-12/h4-8,10-11,20H,9,18H2,1-3H3. The van der Waals surface area contributed by atoms with Crippen molar-refractivity contribution in [2.24, 2.45) is 11.7 Å². The molecule has 5 heteroatoms. The molecular weight excluding hydrogens is 248 g/mol. The zero-order chi connectivity index (χ0) is 15.0. The number of carbonyl (C=O) groups excluding carboxylic acids is 1. The van der Waals surface area contributed by atoms with Crippen molar-refractivity contribution < 1.29 is 9.90 Å². The average Bonchev–Trinajstić information content (AvgIpc) is 2.38. The Kier molecular flexibility index (Phi) is 4.03. The Morgan fingerprint density at radius 3 is 2.60 bits per heavy atom. The van der Waals surface area contributed by atoms with Crippen molar-refractivity contribution in [3.05, 3.63) is 35.9 Å². The third kappa shape index (κ3) is 2.65. The number of benzene rings is 1. The van der Waals surface area contributed by atoms with Crippen molar-refractivity contribution in [3.8, 4) is 0 Å². The summed E-state index contributed by atoms with van der Waals surface area (Å²) < 4.78 is 0. The van der Waals surface area contributed by atoms with Gasteiger partial charge in [-0.1, -0.05) is 0 Å². The predicted molar refractivity (Wildman–Crippen MR) is 85.3 cm³/mol. The molecule has 3 N–H and O–H groups in total. The SMILES string of the molecule is CC1C=BB(C(=O)c2ccccc2)C(O)(C(C)(C)N)C1. The molecule has 0 aliphatic carbocycles. The van der Waals surface area contributed by atoms with E-state index in [1.807, 2.05) is 37.9 Å². The Bertz CT molecular complexity index is 524. The van der Waals surface area contributed by atoms with Crippen LogP contribution in [0.2, 0.25) is 0 Å². The van der Waals surface area contributed by atoms with Crippen LogP contribution in [-0.2, 0) is 0 Å². The zero-order valence-electron chi connectivity index (χ0n) is 12.3. The Hall–Kier alpha value is -1.19. The fourth-order valence-corrected chi connectivity index (χ4v) is 2.90. The maximum atomic E-state index is 12.7. The van der Waals surface area contributed by atoms with Crippen molar-refractivity contribution >= 4 is 25.1 Å². The Labute approximate surface area is 121 Å². The third-order valence-electron chi connectivity index (χ3n) is 4.24. The quantitative estimate of drug-likeness (QED) is 0.803. The molecule has 0 bridgehead atoms. The van der Waals surface area contributed by atoms with E-state index in [4.69, 9.17) is 5.73 Å². The molecule has 2 unspecified atom stereocenters. The van der Waals surface area contributed by atoms with E-state index in [0.717, 1.165) is 0 Å². The summed E-state index contributed by atoms with van der Waals surface area (Å²) in [5, 5.41) is 11.1. The summed E-state index contributed by atoms with van der Waals surface area (Å²) in [4.78, 5) is 12.7. The Balaban J connectivity index is 2.42. The van der Waals surface area contributed by atoms with Gasteiger partial charge in [0.1, 0.15) is 0 Å². The van der Waals surface area contributed by atoms with Crippen LogP contribution in [0.3, 0.4) is 0 Å². The molecular formula is C15H21B2NO2. The number of aliphatic hydroxyl groups is 1. The van der Waals surface area contributed by atoms with Gasteiger partial charge in [0.05, 0.1) is 0 Å². The first-order valence-corrected chi connectivity index (χ1v) is 7.04. The van der Waals surface area contributed by atoms with E-state index in [1.54, 1.807) is 26.0 Å². The summed E-state index contributed by atoms with van der Waals surface area (Å²) in [7, 11) is 0. The summed E-state index contributed by atoms with van der Waals surface area (Å²) >= 11 is 0. The average molecular weight is 269 g/mol. The molecule has 0 saturated carbocycles. The molecule has 0 saturated heterocycles. The van der Waals surface area contributed by atoms with Crippen molar-refractivity contribution in [2.45, 2.75) is 38.2 Å². The van der Waals surface area contributed by atoms with Gasteiger partial charge in [0.2, 0.25) is 0 Å². The summed E-state index contributed by atoms with van der Waals surface area (Å²) in [5.74, 6) is 2.20. The Morgan fingerprint density at radius 1 is 1.45 bits per heavy atom. The molecule has 1 aliphatic heterocycles. The number of carbonyl (C=O) groups is 1. The summed E-state index contributed by atoms with van der Waals surface area (Å²) in [6, 6.07) is 9.08. The molecule has 0 aromatic heterocycles. The predicted octanol–water partition coefficient (Wildman–Crippen LogP) is 0.954. The van der Waals surface area contributed by atoms with E-state index in [2.05, 4.69) is 0 Å². The fourth-order valence-electron chi connectivity index (χ4n) is 2.90. The van der Waals surface area contributed by atoms with Crippen LogP contribution in [0.15, 0.2) is 30.3 Å². The maximum absolute atomic E-state index is 12.7. The van der Waals surface area contributed by atoms with Crippen LogP contribution in [0.4, 0.5) is 0 Å². The van der Waals surface area contributed by atoms with Crippen LogP contribution in [0, 0.1) is 5.92 Å². The molecule has 3 nitrogen and oxygen atoms in total. The molecule has 20 heavy (non-hydrogen) atoms. The van der Waals surface area contributed by atoms with Crippen LogP contribution in [0.1, 0.15) is 37.6 Å². The number of rotatable bonds is 3. The molecule has 0 fully saturated rings. The second-order valence-electron chi connectivity index (χ2n) is 6.42. The first kappa shape index (κ1) is 15.2. The second-order valence-corrected chi connectivity index (χ2v) is 6.42. The molecule has 2 rings (SSSR count). The van der Waals surface area contributed by atoms with Crippen LogP contribution in [0.5, 0.6) is 0 Å². The van der Waals surface area contributed by atoms with Gasteiger partial charge in [0.25, 0.3) is 0 Å². The van der Waals surface area contributed by atoms with Gasteiger partial charge in [-0.15, -0.1) is 0 Å². The van der Waals surface area contributed by atoms with Crippen molar-refractivity contribution in [2.75, 3.05) is 0 Å². The van der Waals surface area contributed by atoms with E-state index in [0.29, 0.717) is 12.0 Å². The van der Waals surface area contributed by atoms with Crippen molar-refractivity contribution in [1.29, 1.82) is 0 Å². The molecule has 1 heterocycles. The minimum atomic E-state index is -1.23. The molecule has 0 spiro atoms. The molecule has 0 radical (unpaired) electrons. The number of nitrogens with two attached hydrogens (primary N) is 1. The first-order valence-electron chi connectivity index (χ1n) is 7.04. The van der Waals surface area contributed by atoms with Crippen molar-refractivity contribution in [3.63, 3.8) is 0 Å². The van der Waals surface area contributed by atoms with E-state index in [-0.39, 0.29) is 11.6 Å². The third-order valence-corrected chi connectivity index (χ3v) is 4.24. The minimum absolute atomic E-state index is 0.0743. The molecule has 104 valence electrons. The van der Waals surface area contributed by atoms with E-state index in [9.17, 15) is 9.90 Å². The first-order chi connectivity index (χ1) is 9.25. The normalized spacial score (nSPS) is 26.2. The van der Waals surface area contributed by atoms with Gasteiger partial charge >= 0.3 is 121 Å². The molecule has 1 aromatic rings. The van der Waals surface area contributed by atoms with Gasteiger partial charge in [-0.25, -0.2) is 0 Å². The van der Waals surface area contributed by atoms with Gasteiger partial charge in [-0.05, 0) is 0 Å². The van der Waals surface area contributed by atoms with Gasteiger partial charge in [-0.2, -0.15) is 0 Å². The van der Waals surface area contributed by atoms with E-state index < -0.39 is 17.6 Å².